The smallest absolute Gasteiger partial charge is 0.276 e. The second-order valence-corrected chi connectivity index (χ2v) is 7.67. The SMILES string of the molecule is Cc1nc(Cc2nnc(SCc3ccc(C(=O)N(C)C)cc3)o2)cs1. The van der Waals surface area contributed by atoms with Crippen molar-refractivity contribution >= 4 is 29.0 Å². The molecule has 2 aromatic heterocycles. The second-order valence-electron chi connectivity index (χ2n) is 5.68. The fourth-order valence-electron chi connectivity index (χ4n) is 2.16. The van der Waals surface area contributed by atoms with E-state index >= 15 is 0 Å². The van der Waals surface area contributed by atoms with Gasteiger partial charge in [0.25, 0.3) is 11.1 Å². The maximum absolute atomic E-state index is 11.9. The van der Waals surface area contributed by atoms with Crippen LogP contribution >= 0.6 is 23.1 Å². The number of benzene rings is 1. The van der Waals surface area contributed by atoms with E-state index in [9.17, 15) is 4.79 Å². The highest BCUT2D eigenvalue weighted by atomic mass is 32.2. The molecule has 3 rings (SSSR count). The van der Waals surface area contributed by atoms with Gasteiger partial charge >= 0.3 is 0 Å². The molecule has 0 aliphatic rings. The van der Waals surface area contributed by atoms with Crippen LogP contribution in [0, 0.1) is 6.92 Å². The Balaban J connectivity index is 1.56. The summed E-state index contributed by atoms with van der Waals surface area (Å²) in [7, 11) is 3.48. The molecule has 130 valence electrons. The van der Waals surface area contributed by atoms with Gasteiger partial charge < -0.3 is 9.32 Å². The normalized spacial score (nSPS) is 10.8. The maximum atomic E-state index is 11.9. The Bertz CT molecular complexity index is 856. The number of thioether (sulfide) groups is 1. The first-order valence-corrected chi connectivity index (χ1v) is 9.54. The van der Waals surface area contributed by atoms with E-state index in [0.717, 1.165) is 16.3 Å². The molecule has 0 radical (unpaired) electrons. The summed E-state index contributed by atoms with van der Waals surface area (Å²) in [5, 5.41) is 11.7. The van der Waals surface area contributed by atoms with Gasteiger partial charge in [-0.3, -0.25) is 4.79 Å². The summed E-state index contributed by atoms with van der Waals surface area (Å²) in [5.74, 6) is 1.27. The van der Waals surface area contributed by atoms with Crippen LogP contribution in [0.3, 0.4) is 0 Å². The third-order valence-electron chi connectivity index (χ3n) is 3.42. The number of hydrogen-bond donors (Lipinski definition) is 0. The number of carbonyl (C=O) groups excluding carboxylic acids is 1. The van der Waals surface area contributed by atoms with Crippen LogP contribution < -0.4 is 0 Å². The number of thiazole rings is 1. The van der Waals surface area contributed by atoms with Gasteiger partial charge in [0.15, 0.2) is 0 Å². The van der Waals surface area contributed by atoms with Gasteiger partial charge in [-0.25, -0.2) is 4.98 Å². The molecule has 2 heterocycles. The second kappa shape index (κ2) is 7.79. The monoisotopic (exact) mass is 374 g/mol. The Labute approximate surface area is 154 Å². The lowest BCUT2D eigenvalue weighted by atomic mass is 10.1. The lowest BCUT2D eigenvalue weighted by Crippen LogP contribution is -2.21. The van der Waals surface area contributed by atoms with E-state index in [-0.39, 0.29) is 5.91 Å². The van der Waals surface area contributed by atoms with Crippen molar-refractivity contribution < 1.29 is 9.21 Å². The topological polar surface area (TPSA) is 72.1 Å². The van der Waals surface area contributed by atoms with Crippen molar-refractivity contribution in [3.63, 3.8) is 0 Å². The molecule has 0 atom stereocenters. The van der Waals surface area contributed by atoms with Crippen molar-refractivity contribution in [1.82, 2.24) is 20.1 Å². The van der Waals surface area contributed by atoms with Gasteiger partial charge in [0.05, 0.1) is 17.1 Å². The highest BCUT2D eigenvalue weighted by Crippen LogP contribution is 2.23. The fraction of sp³-hybridized carbons (Fsp3) is 0.294. The van der Waals surface area contributed by atoms with Gasteiger partial charge in [-0.1, -0.05) is 23.9 Å². The first-order valence-electron chi connectivity index (χ1n) is 7.68. The van der Waals surface area contributed by atoms with E-state index in [1.54, 1.807) is 30.3 Å². The molecular weight excluding hydrogens is 356 g/mol. The Morgan fingerprint density at radius 3 is 2.64 bits per heavy atom. The number of carbonyl (C=O) groups is 1. The molecule has 25 heavy (non-hydrogen) atoms. The van der Waals surface area contributed by atoms with Crippen LogP contribution in [0.5, 0.6) is 0 Å². The molecule has 3 aromatic rings. The summed E-state index contributed by atoms with van der Waals surface area (Å²) < 4.78 is 5.66. The lowest BCUT2D eigenvalue weighted by Gasteiger charge is -2.10. The third kappa shape index (κ3) is 4.67. The average molecular weight is 374 g/mol. The summed E-state index contributed by atoms with van der Waals surface area (Å²) in [6.07, 6.45) is 0.555. The van der Waals surface area contributed by atoms with E-state index in [0.29, 0.717) is 28.9 Å². The Kier molecular flexibility index (Phi) is 5.50. The number of hydrogen-bond acceptors (Lipinski definition) is 7. The number of aromatic nitrogens is 3. The van der Waals surface area contributed by atoms with Crippen LogP contribution in [0.15, 0.2) is 39.3 Å². The first kappa shape index (κ1) is 17.6. The summed E-state index contributed by atoms with van der Waals surface area (Å²) in [6, 6.07) is 7.56. The minimum atomic E-state index is -0.00183. The standard InChI is InChI=1S/C17H18N4O2S2/c1-11-18-14(10-24-11)8-15-19-20-17(23-15)25-9-12-4-6-13(7-5-12)16(22)21(2)3/h4-7,10H,8-9H2,1-3H3. The molecule has 0 spiro atoms. The van der Waals surface area contributed by atoms with E-state index < -0.39 is 0 Å². The summed E-state index contributed by atoms with van der Waals surface area (Å²) in [5.41, 5.74) is 2.72. The molecule has 0 saturated carbocycles. The lowest BCUT2D eigenvalue weighted by molar-refractivity contribution is 0.0827. The quantitative estimate of drug-likeness (QED) is 0.616. The molecule has 8 heteroatoms. The van der Waals surface area contributed by atoms with Crippen LogP contribution in [0.2, 0.25) is 0 Å². The minimum Gasteiger partial charge on any atom is -0.416 e. The van der Waals surface area contributed by atoms with E-state index in [1.807, 2.05) is 36.6 Å². The number of amides is 1. The van der Waals surface area contributed by atoms with Crippen LogP contribution in [-0.4, -0.2) is 40.1 Å². The minimum absolute atomic E-state index is 0.00183. The van der Waals surface area contributed by atoms with E-state index in [4.69, 9.17) is 4.42 Å². The largest absolute Gasteiger partial charge is 0.416 e. The molecular formula is C17H18N4O2S2. The maximum Gasteiger partial charge on any atom is 0.276 e. The first-order chi connectivity index (χ1) is 12.0. The van der Waals surface area contributed by atoms with E-state index in [2.05, 4.69) is 15.2 Å². The van der Waals surface area contributed by atoms with Crippen molar-refractivity contribution in [2.75, 3.05) is 14.1 Å². The van der Waals surface area contributed by atoms with Gasteiger partial charge in [-0.2, -0.15) is 0 Å². The Hall–Kier alpha value is -2.19. The fourth-order valence-corrected chi connectivity index (χ4v) is 3.51. The molecule has 0 aliphatic heterocycles. The molecule has 6 nitrogen and oxygen atoms in total. The van der Waals surface area contributed by atoms with Crippen LogP contribution in [0.1, 0.15) is 32.5 Å². The molecule has 0 unspecified atom stereocenters. The third-order valence-corrected chi connectivity index (χ3v) is 5.13. The molecule has 0 aliphatic carbocycles. The number of rotatable bonds is 6. The number of aryl methyl sites for hydroxylation is 1. The van der Waals surface area contributed by atoms with Crippen LogP contribution in [0.25, 0.3) is 0 Å². The van der Waals surface area contributed by atoms with E-state index in [1.165, 1.54) is 11.8 Å². The molecule has 1 aromatic carbocycles. The Morgan fingerprint density at radius 1 is 1.24 bits per heavy atom. The molecule has 1 amide bonds. The van der Waals surface area contributed by atoms with Gasteiger partial charge in [0.1, 0.15) is 0 Å². The Morgan fingerprint density at radius 2 is 2.00 bits per heavy atom. The molecule has 0 N–H and O–H groups in total. The molecule has 0 bridgehead atoms. The summed E-state index contributed by atoms with van der Waals surface area (Å²) in [6.45, 7) is 1.97. The predicted octanol–water partition coefficient (Wildman–Crippen LogP) is 3.42. The molecule has 0 saturated heterocycles. The van der Waals surface area contributed by atoms with Crippen LogP contribution in [-0.2, 0) is 12.2 Å². The van der Waals surface area contributed by atoms with Crippen molar-refractivity contribution in [3.8, 4) is 0 Å². The predicted molar refractivity (Wildman–Crippen MR) is 98.0 cm³/mol. The van der Waals surface area contributed by atoms with Crippen molar-refractivity contribution in [1.29, 1.82) is 0 Å². The van der Waals surface area contributed by atoms with Gasteiger partial charge in [0, 0.05) is 30.8 Å². The zero-order valence-electron chi connectivity index (χ0n) is 14.2. The average Bonchev–Trinajstić information content (AvgIpc) is 3.22. The zero-order chi connectivity index (χ0) is 17.8. The van der Waals surface area contributed by atoms with Crippen molar-refractivity contribution in [3.05, 3.63) is 57.4 Å². The molecule has 0 fully saturated rings. The highest BCUT2D eigenvalue weighted by Gasteiger charge is 2.11. The van der Waals surface area contributed by atoms with Crippen LogP contribution in [0.4, 0.5) is 0 Å². The van der Waals surface area contributed by atoms with Gasteiger partial charge in [-0.05, 0) is 24.6 Å². The summed E-state index contributed by atoms with van der Waals surface area (Å²) >= 11 is 3.09. The highest BCUT2D eigenvalue weighted by molar-refractivity contribution is 7.98. The van der Waals surface area contributed by atoms with Gasteiger partial charge in [0.2, 0.25) is 5.89 Å². The zero-order valence-corrected chi connectivity index (χ0v) is 15.9. The van der Waals surface area contributed by atoms with Crippen molar-refractivity contribution in [2.45, 2.75) is 24.3 Å². The van der Waals surface area contributed by atoms with Gasteiger partial charge in [-0.15, -0.1) is 21.5 Å². The number of nitrogens with zero attached hydrogens (tertiary/aromatic N) is 4. The van der Waals surface area contributed by atoms with Crippen molar-refractivity contribution in [2.24, 2.45) is 0 Å². The summed E-state index contributed by atoms with van der Waals surface area (Å²) in [4.78, 5) is 17.8.